The number of ether oxygens (including phenoxy) is 1. The molecule has 2 N–H and O–H groups in total. The normalized spacial score (nSPS) is 15.4. The number of carbonyl (C=O) groups excluding carboxylic acids is 1. The molecule has 0 aliphatic heterocycles. The van der Waals surface area contributed by atoms with Crippen LogP contribution in [0.15, 0.2) is 18.2 Å². The van der Waals surface area contributed by atoms with Crippen molar-refractivity contribution in [2.45, 2.75) is 52.4 Å². The Kier molecular flexibility index (Phi) is 5.88. The third kappa shape index (κ3) is 5.43. The van der Waals surface area contributed by atoms with E-state index in [9.17, 15) is 9.90 Å². The van der Waals surface area contributed by atoms with Crippen LogP contribution in [0, 0.1) is 12.8 Å². The highest BCUT2D eigenvalue weighted by Crippen LogP contribution is 2.32. The Hall–Kier alpha value is -1.75. The molecule has 0 spiro atoms. The van der Waals surface area contributed by atoms with Gasteiger partial charge in [-0.2, -0.15) is 0 Å². The zero-order chi connectivity index (χ0) is 17.0. The van der Waals surface area contributed by atoms with E-state index in [1.807, 2.05) is 39.0 Å². The van der Waals surface area contributed by atoms with Gasteiger partial charge in [-0.25, -0.2) is 4.79 Å². The highest BCUT2D eigenvalue weighted by Gasteiger charge is 2.31. The summed E-state index contributed by atoms with van der Waals surface area (Å²) in [7, 11) is 1.71. The Morgan fingerprint density at radius 3 is 2.74 bits per heavy atom. The number of aliphatic hydroxyl groups is 1. The minimum atomic E-state index is -0.412. The highest BCUT2D eigenvalue weighted by atomic mass is 16.5. The molecule has 1 aromatic carbocycles. The minimum Gasteiger partial charge on any atom is -0.491 e. The molecule has 5 heteroatoms. The first-order valence-corrected chi connectivity index (χ1v) is 8.30. The summed E-state index contributed by atoms with van der Waals surface area (Å²) in [5.74, 6) is 1.18. The van der Waals surface area contributed by atoms with Crippen LogP contribution in [0.2, 0.25) is 0 Å². The first-order valence-electron chi connectivity index (χ1n) is 8.30. The minimum absolute atomic E-state index is 0.0858. The molecule has 2 amide bonds. The van der Waals surface area contributed by atoms with Crippen LogP contribution in [0.25, 0.3) is 0 Å². The van der Waals surface area contributed by atoms with Crippen molar-refractivity contribution < 1.29 is 14.6 Å². The lowest BCUT2D eigenvalue weighted by atomic mass is 10.1. The molecule has 1 aromatic rings. The number of aryl methyl sites for hydroxylation is 1. The lowest BCUT2D eigenvalue weighted by Crippen LogP contribution is -2.41. The summed E-state index contributed by atoms with van der Waals surface area (Å²) >= 11 is 0. The van der Waals surface area contributed by atoms with Crippen LogP contribution < -0.4 is 10.1 Å². The maximum Gasteiger partial charge on any atom is 0.317 e. The summed E-state index contributed by atoms with van der Waals surface area (Å²) in [4.78, 5) is 13.7. The summed E-state index contributed by atoms with van der Waals surface area (Å²) in [6.45, 7) is 6.77. The van der Waals surface area contributed by atoms with Gasteiger partial charge < -0.3 is 20.1 Å². The Balaban J connectivity index is 1.90. The number of urea groups is 1. The van der Waals surface area contributed by atoms with Gasteiger partial charge >= 0.3 is 6.03 Å². The van der Waals surface area contributed by atoms with E-state index in [1.165, 1.54) is 0 Å². The maximum absolute atomic E-state index is 12.2. The molecule has 23 heavy (non-hydrogen) atoms. The van der Waals surface area contributed by atoms with Crippen LogP contribution in [-0.2, 0) is 6.54 Å². The number of likely N-dealkylation sites (N-methyl/N-ethyl adjacent to an activating group) is 1. The van der Waals surface area contributed by atoms with E-state index >= 15 is 0 Å². The fourth-order valence-electron chi connectivity index (χ4n) is 2.47. The quantitative estimate of drug-likeness (QED) is 0.812. The van der Waals surface area contributed by atoms with Crippen molar-refractivity contribution in [2.75, 3.05) is 13.6 Å². The van der Waals surface area contributed by atoms with Crippen molar-refractivity contribution in [3.05, 3.63) is 29.3 Å². The SMILES string of the molecule is Cc1ccc(CNC(=O)N(C)CC(O)C2CC2)c(OC(C)C)c1. The van der Waals surface area contributed by atoms with Crippen molar-refractivity contribution in [2.24, 2.45) is 5.92 Å². The Morgan fingerprint density at radius 2 is 2.13 bits per heavy atom. The molecule has 0 bridgehead atoms. The average Bonchev–Trinajstić information content (AvgIpc) is 3.30. The topological polar surface area (TPSA) is 61.8 Å². The fourth-order valence-corrected chi connectivity index (χ4v) is 2.47. The van der Waals surface area contributed by atoms with Crippen molar-refractivity contribution >= 4 is 6.03 Å². The standard InChI is InChI=1S/C18H28N2O3/c1-12(2)23-17-9-13(3)5-6-15(17)10-19-18(22)20(4)11-16(21)14-7-8-14/h5-6,9,12,14,16,21H,7-8,10-11H2,1-4H3,(H,19,22). The van der Waals surface area contributed by atoms with Gasteiger partial charge in [-0.05, 0) is 51.2 Å². The van der Waals surface area contributed by atoms with Gasteiger partial charge in [-0.1, -0.05) is 12.1 Å². The van der Waals surface area contributed by atoms with Crippen LogP contribution in [0.5, 0.6) is 5.75 Å². The fraction of sp³-hybridized carbons (Fsp3) is 0.611. The third-order valence-electron chi connectivity index (χ3n) is 3.99. The molecular weight excluding hydrogens is 292 g/mol. The molecule has 1 aliphatic rings. The Morgan fingerprint density at radius 1 is 1.43 bits per heavy atom. The van der Waals surface area contributed by atoms with Crippen LogP contribution >= 0.6 is 0 Å². The van der Waals surface area contributed by atoms with E-state index in [2.05, 4.69) is 5.32 Å². The van der Waals surface area contributed by atoms with Crippen molar-refractivity contribution in [3.8, 4) is 5.75 Å². The molecule has 5 nitrogen and oxygen atoms in total. The second kappa shape index (κ2) is 7.68. The lowest BCUT2D eigenvalue weighted by Gasteiger charge is -2.22. The summed E-state index contributed by atoms with van der Waals surface area (Å²) in [6, 6.07) is 5.80. The van der Waals surface area contributed by atoms with E-state index in [0.29, 0.717) is 19.0 Å². The molecule has 0 saturated heterocycles. The Labute approximate surface area is 138 Å². The number of benzene rings is 1. The van der Waals surface area contributed by atoms with E-state index in [1.54, 1.807) is 11.9 Å². The largest absolute Gasteiger partial charge is 0.491 e. The van der Waals surface area contributed by atoms with Gasteiger partial charge in [0.15, 0.2) is 0 Å². The summed E-state index contributed by atoms with van der Waals surface area (Å²) in [6.07, 6.45) is 1.80. The zero-order valence-corrected chi connectivity index (χ0v) is 14.5. The highest BCUT2D eigenvalue weighted by molar-refractivity contribution is 5.74. The number of aliphatic hydroxyl groups excluding tert-OH is 1. The number of nitrogens with one attached hydrogen (secondary N) is 1. The predicted octanol–water partition coefficient (Wildman–Crippen LogP) is 2.69. The second-order valence-corrected chi connectivity index (χ2v) is 6.72. The molecule has 1 aliphatic carbocycles. The van der Waals surface area contributed by atoms with Gasteiger partial charge in [0.25, 0.3) is 0 Å². The van der Waals surface area contributed by atoms with Crippen LogP contribution in [0.1, 0.15) is 37.8 Å². The van der Waals surface area contributed by atoms with Crippen LogP contribution in [0.4, 0.5) is 4.79 Å². The number of hydrogen-bond acceptors (Lipinski definition) is 3. The van der Waals surface area contributed by atoms with Gasteiger partial charge in [0.1, 0.15) is 5.75 Å². The van der Waals surface area contributed by atoms with Gasteiger partial charge in [-0.15, -0.1) is 0 Å². The number of carbonyl (C=O) groups is 1. The third-order valence-corrected chi connectivity index (χ3v) is 3.99. The lowest BCUT2D eigenvalue weighted by molar-refractivity contribution is 0.113. The smallest absolute Gasteiger partial charge is 0.317 e. The monoisotopic (exact) mass is 320 g/mol. The predicted molar refractivity (Wildman–Crippen MR) is 90.5 cm³/mol. The van der Waals surface area contributed by atoms with Crippen LogP contribution in [0.3, 0.4) is 0 Å². The number of amides is 2. The van der Waals surface area contributed by atoms with Crippen molar-refractivity contribution in [1.82, 2.24) is 10.2 Å². The summed E-state index contributed by atoms with van der Waals surface area (Å²) in [5.41, 5.74) is 2.08. The van der Waals surface area contributed by atoms with E-state index < -0.39 is 6.10 Å². The molecule has 1 saturated carbocycles. The number of nitrogens with zero attached hydrogens (tertiary/aromatic N) is 1. The van der Waals surface area contributed by atoms with Gasteiger partial charge in [-0.3, -0.25) is 0 Å². The van der Waals surface area contributed by atoms with Gasteiger partial charge in [0, 0.05) is 25.7 Å². The molecule has 1 atom stereocenters. The summed E-state index contributed by atoms with van der Waals surface area (Å²) < 4.78 is 5.82. The van der Waals surface area contributed by atoms with Crippen molar-refractivity contribution in [1.29, 1.82) is 0 Å². The molecular formula is C18H28N2O3. The molecule has 1 unspecified atom stereocenters. The number of rotatable bonds is 7. The Bertz CT molecular complexity index is 541. The number of hydrogen-bond donors (Lipinski definition) is 2. The van der Waals surface area contributed by atoms with Gasteiger partial charge in [0.2, 0.25) is 0 Å². The molecule has 2 rings (SSSR count). The van der Waals surface area contributed by atoms with E-state index in [0.717, 1.165) is 29.7 Å². The average molecular weight is 320 g/mol. The first kappa shape index (κ1) is 17.6. The molecule has 0 heterocycles. The van der Waals surface area contributed by atoms with Gasteiger partial charge in [0.05, 0.1) is 12.2 Å². The molecule has 128 valence electrons. The first-order chi connectivity index (χ1) is 10.9. The van der Waals surface area contributed by atoms with E-state index in [-0.39, 0.29) is 12.1 Å². The van der Waals surface area contributed by atoms with Crippen molar-refractivity contribution in [3.63, 3.8) is 0 Å². The van der Waals surface area contributed by atoms with E-state index in [4.69, 9.17) is 4.74 Å². The second-order valence-electron chi connectivity index (χ2n) is 6.72. The zero-order valence-electron chi connectivity index (χ0n) is 14.5. The molecule has 0 aromatic heterocycles. The molecule has 1 fully saturated rings. The summed E-state index contributed by atoms with van der Waals surface area (Å²) in [5, 5.41) is 12.8. The molecule has 0 radical (unpaired) electrons. The van der Waals surface area contributed by atoms with Crippen LogP contribution in [-0.4, -0.2) is 41.8 Å². The maximum atomic E-state index is 12.2.